The van der Waals surface area contributed by atoms with E-state index in [0.717, 1.165) is 24.0 Å². The van der Waals surface area contributed by atoms with Crippen molar-refractivity contribution in [3.8, 4) is 11.5 Å². The molecule has 0 fully saturated rings. The van der Waals surface area contributed by atoms with E-state index < -0.39 is 11.9 Å². The number of benzene rings is 3. The molecule has 0 amide bonds. The van der Waals surface area contributed by atoms with Crippen molar-refractivity contribution in [2.45, 2.75) is 61.3 Å². The van der Waals surface area contributed by atoms with E-state index in [0.29, 0.717) is 28.2 Å². The molecule has 0 aliphatic rings. The third-order valence-electron chi connectivity index (χ3n) is 4.76. The summed E-state index contributed by atoms with van der Waals surface area (Å²) >= 11 is 0. The van der Waals surface area contributed by atoms with Gasteiger partial charge in [-0.1, -0.05) is 65.8 Å². The lowest BCUT2D eigenvalue weighted by Gasteiger charge is -2.10. The summed E-state index contributed by atoms with van der Waals surface area (Å²) in [5.74, 6) is -0.00912. The van der Waals surface area contributed by atoms with Gasteiger partial charge in [0.15, 0.2) is 0 Å². The molecule has 0 unspecified atom stereocenters. The number of carbonyl (C=O) groups is 2. The SMILES string of the molecule is CC.CC.CCc1ccc(C(=O)Oc2ccc(OC(=O)c3ccc(CC)cc3)c(C)c2)cc1. The largest absolute Gasteiger partial charge is 0.423 e. The Kier molecular flexibility index (Phi) is 12.2. The molecule has 0 heterocycles. The molecule has 0 atom stereocenters. The molecule has 0 saturated carbocycles. The minimum Gasteiger partial charge on any atom is -0.423 e. The minimum atomic E-state index is -0.423. The Bertz CT molecular complexity index is 1000. The van der Waals surface area contributed by atoms with Gasteiger partial charge in [0.05, 0.1) is 11.1 Å². The summed E-state index contributed by atoms with van der Waals surface area (Å²) < 4.78 is 10.9. The van der Waals surface area contributed by atoms with E-state index in [2.05, 4.69) is 13.8 Å². The molecule has 0 N–H and O–H groups in total. The molecule has 0 aliphatic carbocycles. The van der Waals surface area contributed by atoms with Gasteiger partial charge < -0.3 is 9.47 Å². The summed E-state index contributed by atoms with van der Waals surface area (Å²) in [5, 5.41) is 0. The summed E-state index contributed by atoms with van der Waals surface area (Å²) in [5.41, 5.74) is 4.01. The van der Waals surface area contributed by atoms with Gasteiger partial charge in [-0.2, -0.15) is 0 Å². The van der Waals surface area contributed by atoms with Gasteiger partial charge in [0.25, 0.3) is 0 Å². The summed E-state index contributed by atoms with van der Waals surface area (Å²) in [6.07, 6.45) is 1.83. The van der Waals surface area contributed by atoms with E-state index in [1.807, 2.05) is 52.0 Å². The van der Waals surface area contributed by atoms with Crippen molar-refractivity contribution in [3.63, 3.8) is 0 Å². The van der Waals surface area contributed by atoms with Crippen molar-refractivity contribution in [2.24, 2.45) is 0 Å². The van der Waals surface area contributed by atoms with E-state index in [1.54, 1.807) is 49.4 Å². The fraction of sp³-hybridized carbons (Fsp3) is 0.310. The van der Waals surface area contributed by atoms with Crippen molar-refractivity contribution < 1.29 is 19.1 Å². The van der Waals surface area contributed by atoms with Crippen LogP contribution in [0, 0.1) is 6.92 Å². The zero-order chi connectivity index (χ0) is 24.8. The number of ether oxygens (including phenoxy) is 2. The molecule has 3 aromatic rings. The van der Waals surface area contributed by atoms with Gasteiger partial charge in [-0.3, -0.25) is 0 Å². The van der Waals surface area contributed by atoms with Crippen LogP contribution in [0.5, 0.6) is 11.5 Å². The van der Waals surface area contributed by atoms with Crippen LogP contribution < -0.4 is 9.47 Å². The smallest absolute Gasteiger partial charge is 0.343 e. The average molecular weight is 449 g/mol. The van der Waals surface area contributed by atoms with Crippen LogP contribution in [0.2, 0.25) is 0 Å². The Morgan fingerprint density at radius 1 is 0.636 bits per heavy atom. The van der Waals surface area contributed by atoms with Gasteiger partial charge in [0.2, 0.25) is 0 Å². The van der Waals surface area contributed by atoms with Gasteiger partial charge in [0.1, 0.15) is 11.5 Å². The lowest BCUT2D eigenvalue weighted by Crippen LogP contribution is -2.10. The normalized spacial score (nSPS) is 9.55. The first kappa shape index (κ1) is 27.6. The van der Waals surface area contributed by atoms with E-state index in [4.69, 9.17) is 9.47 Å². The Morgan fingerprint density at radius 3 is 1.45 bits per heavy atom. The predicted molar refractivity (Wildman–Crippen MR) is 135 cm³/mol. The molecule has 4 heteroatoms. The van der Waals surface area contributed by atoms with Crippen LogP contribution in [0.4, 0.5) is 0 Å². The molecular formula is C29H36O4. The Morgan fingerprint density at radius 2 is 1.06 bits per heavy atom. The van der Waals surface area contributed by atoms with Gasteiger partial charge in [-0.15, -0.1) is 0 Å². The molecule has 0 aliphatic heterocycles. The Labute approximate surface area is 198 Å². The fourth-order valence-electron chi connectivity index (χ4n) is 2.88. The number of hydrogen-bond acceptors (Lipinski definition) is 4. The van der Waals surface area contributed by atoms with Crippen LogP contribution in [0.1, 0.15) is 78.9 Å². The monoisotopic (exact) mass is 448 g/mol. The maximum atomic E-state index is 12.4. The third kappa shape index (κ3) is 8.23. The van der Waals surface area contributed by atoms with Crippen molar-refractivity contribution >= 4 is 11.9 Å². The van der Waals surface area contributed by atoms with Gasteiger partial charge in [-0.25, -0.2) is 9.59 Å². The zero-order valence-electron chi connectivity index (χ0n) is 20.9. The Hall–Kier alpha value is -3.40. The highest BCUT2D eigenvalue weighted by molar-refractivity contribution is 5.92. The highest BCUT2D eigenvalue weighted by Gasteiger charge is 2.13. The molecule has 176 valence electrons. The zero-order valence-corrected chi connectivity index (χ0v) is 20.9. The lowest BCUT2D eigenvalue weighted by atomic mass is 10.1. The number of aryl methyl sites for hydroxylation is 3. The maximum absolute atomic E-state index is 12.4. The summed E-state index contributed by atoms with van der Waals surface area (Å²) in [7, 11) is 0. The first-order chi connectivity index (χ1) is 16.0. The van der Waals surface area contributed by atoms with Crippen molar-refractivity contribution in [1.29, 1.82) is 0 Å². The van der Waals surface area contributed by atoms with E-state index in [9.17, 15) is 9.59 Å². The number of carbonyl (C=O) groups excluding carboxylic acids is 2. The Balaban J connectivity index is 0.00000129. The number of esters is 2. The summed E-state index contributed by atoms with van der Waals surface area (Å²) in [4.78, 5) is 24.7. The highest BCUT2D eigenvalue weighted by Crippen LogP contribution is 2.25. The van der Waals surface area contributed by atoms with E-state index in [-0.39, 0.29) is 0 Å². The van der Waals surface area contributed by atoms with Crippen LogP contribution >= 0.6 is 0 Å². The topological polar surface area (TPSA) is 52.6 Å². The number of rotatable bonds is 6. The van der Waals surface area contributed by atoms with Gasteiger partial charge >= 0.3 is 11.9 Å². The van der Waals surface area contributed by atoms with Crippen molar-refractivity contribution in [3.05, 3.63) is 94.5 Å². The second-order valence-electron chi connectivity index (χ2n) is 6.81. The second-order valence-corrected chi connectivity index (χ2v) is 6.81. The van der Waals surface area contributed by atoms with Gasteiger partial charge in [-0.05, 0) is 78.9 Å². The molecule has 33 heavy (non-hydrogen) atoms. The first-order valence-electron chi connectivity index (χ1n) is 11.7. The highest BCUT2D eigenvalue weighted by atomic mass is 16.5. The molecule has 0 radical (unpaired) electrons. The minimum absolute atomic E-state index is 0.402. The van der Waals surface area contributed by atoms with Crippen LogP contribution in [0.25, 0.3) is 0 Å². The predicted octanol–water partition coefficient (Wildman–Crippen LogP) is 7.61. The lowest BCUT2D eigenvalue weighted by molar-refractivity contribution is 0.0718. The molecule has 0 spiro atoms. The molecule has 0 bridgehead atoms. The van der Waals surface area contributed by atoms with Crippen LogP contribution in [-0.4, -0.2) is 11.9 Å². The van der Waals surface area contributed by atoms with Crippen molar-refractivity contribution in [1.82, 2.24) is 0 Å². The van der Waals surface area contributed by atoms with Crippen LogP contribution in [0.3, 0.4) is 0 Å². The van der Waals surface area contributed by atoms with E-state index in [1.165, 1.54) is 0 Å². The fourth-order valence-corrected chi connectivity index (χ4v) is 2.88. The standard InChI is InChI=1S/C25H24O4.2C2H6/c1-4-18-6-10-20(11-7-18)24(26)28-22-14-15-23(17(3)16-22)29-25(27)21-12-8-19(5-2)9-13-21;2*1-2/h6-16H,4-5H2,1-3H3;2*1-2H3. The second kappa shape index (κ2) is 14.6. The molecule has 4 nitrogen and oxygen atoms in total. The van der Waals surface area contributed by atoms with Crippen molar-refractivity contribution in [2.75, 3.05) is 0 Å². The average Bonchev–Trinajstić information content (AvgIpc) is 2.88. The van der Waals surface area contributed by atoms with Gasteiger partial charge in [0, 0.05) is 0 Å². The number of hydrogen-bond donors (Lipinski definition) is 0. The van der Waals surface area contributed by atoms with Crippen LogP contribution in [-0.2, 0) is 12.8 Å². The molecule has 3 rings (SSSR count). The summed E-state index contributed by atoms with van der Waals surface area (Å²) in [6, 6.07) is 19.6. The third-order valence-corrected chi connectivity index (χ3v) is 4.76. The van der Waals surface area contributed by atoms with Crippen LogP contribution in [0.15, 0.2) is 66.7 Å². The maximum Gasteiger partial charge on any atom is 0.343 e. The first-order valence-corrected chi connectivity index (χ1v) is 11.7. The summed E-state index contributed by atoms with van der Waals surface area (Å²) in [6.45, 7) is 13.9. The quantitative estimate of drug-likeness (QED) is 0.288. The molecule has 3 aromatic carbocycles. The molecular weight excluding hydrogens is 412 g/mol. The van der Waals surface area contributed by atoms with E-state index >= 15 is 0 Å². The molecule has 0 saturated heterocycles. The molecule has 0 aromatic heterocycles.